The van der Waals surface area contributed by atoms with E-state index < -0.39 is 28.2 Å². The molecule has 2 N–H and O–H groups in total. The minimum Gasteiger partial charge on any atom is -0.868 e. The summed E-state index contributed by atoms with van der Waals surface area (Å²) in [6, 6.07) is 3.34. The van der Waals surface area contributed by atoms with E-state index in [1.807, 2.05) is 5.43 Å². The molecule has 0 radical (unpaired) electrons. The lowest BCUT2D eigenvalue weighted by molar-refractivity contribution is -0.398. The van der Waals surface area contributed by atoms with E-state index in [2.05, 4.69) is 10.4 Å². The maximum absolute atomic E-state index is 11.2. The second-order valence-electron chi connectivity index (χ2n) is 3.54. The normalized spacial score (nSPS) is 10.2. The van der Waals surface area contributed by atoms with E-state index in [0.29, 0.717) is 6.54 Å². The fourth-order valence-corrected chi connectivity index (χ4v) is 1.21. The topological polar surface area (TPSA) is 137 Å². The van der Waals surface area contributed by atoms with Crippen molar-refractivity contribution in [2.24, 2.45) is 5.10 Å². The predicted octanol–water partition coefficient (Wildman–Crippen LogP) is -0.745. The molecule has 0 fully saturated rings. The van der Waals surface area contributed by atoms with Gasteiger partial charge in [0.05, 0.1) is 11.1 Å². The second kappa shape index (κ2) is 6.83. The summed E-state index contributed by atoms with van der Waals surface area (Å²) in [4.78, 5) is 31.9. The third-order valence-electron chi connectivity index (χ3n) is 2.10. The molecule has 0 aliphatic rings. The van der Waals surface area contributed by atoms with Gasteiger partial charge in [0.15, 0.2) is 0 Å². The highest BCUT2D eigenvalue weighted by Gasteiger charge is 2.10. The van der Waals surface area contributed by atoms with Crippen LogP contribution in [0.4, 0.5) is 5.69 Å². The van der Waals surface area contributed by atoms with Gasteiger partial charge in [-0.15, -0.1) is 0 Å². The van der Waals surface area contributed by atoms with Crippen LogP contribution >= 0.6 is 0 Å². The molecule has 1 aromatic carbocycles. The molecule has 106 valence electrons. The van der Waals surface area contributed by atoms with Crippen LogP contribution in [0.5, 0.6) is 5.75 Å². The Balaban J connectivity index is 2.72. The Morgan fingerprint density at radius 1 is 1.40 bits per heavy atom. The summed E-state index contributed by atoms with van der Waals surface area (Å²) in [5.74, 6) is -2.53. The maximum Gasteiger partial charge on any atom is 0.329 e. The number of carbonyl (C=O) groups excluding carboxylic acids is 2. The average molecular weight is 279 g/mol. The van der Waals surface area contributed by atoms with Gasteiger partial charge in [0, 0.05) is 18.2 Å². The largest absolute Gasteiger partial charge is 0.868 e. The fourth-order valence-electron chi connectivity index (χ4n) is 1.21. The van der Waals surface area contributed by atoms with E-state index in [1.54, 1.807) is 6.92 Å². The van der Waals surface area contributed by atoms with Crippen LogP contribution in [0.1, 0.15) is 12.5 Å². The molecule has 0 aliphatic carbocycles. The molecule has 0 saturated carbocycles. The number of nitro benzene ring substituents is 1. The third-order valence-corrected chi connectivity index (χ3v) is 2.10. The van der Waals surface area contributed by atoms with Crippen molar-refractivity contribution in [3.8, 4) is 5.75 Å². The van der Waals surface area contributed by atoms with Gasteiger partial charge in [-0.25, -0.2) is 5.43 Å². The molecular weight excluding hydrogens is 268 g/mol. The number of hydrogen-bond donors (Lipinski definition) is 2. The Hall–Kier alpha value is -2.97. The lowest BCUT2D eigenvalue weighted by Crippen LogP contribution is -2.37. The van der Waals surface area contributed by atoms with Gasteiger partial charge in [-0.1, -0.05) is 12.1 Å². The molecular formula is C11H11N4O5-. The zero-order chi connectivity index (χ0) is 15.1. The maximum atomic E-state index is 11.2. The number of amides is 2. The zero-order valence-electron chi connectivity index (χ0n) is 10.5. The predicted molar refractivity (Wildman–Crippen MR) is 67.0 cm³/mol. The Labute approximate surface area is 113 Å². The second-order valence-corrected chi connectivity index (χ2v) is 3.54. The lowest BCUT2D eigenvalue weighted by Gasteiger charge is -2.05. The third kappa shape index (κ3) is 4.05. The fraction of sp³-hybridized carbons (Fsp3) is 0.182. The summed E-state index contributed by atoms with van der Waals surface area (Å²) in [5, 5.41) is 27.4. The molecule has 0 unspecified atom stereocenters. The van der Waals surface area contributed by atoms with Gasteiger partial charge in [0.25, 0.3) is 5.69 Å². The Morgan fingerprint density at radius 3 is 2.70 bits per heavy atom. The van der Waals surface area contributed by atoms with Gasteiger partial charge in [-0.05, 0) is 12.7 Å². The van der Waals surface area contributed by atoms with Gasteiger partial charge in [0.1, 0.15) is 0 Å². The summed E-state index contributed by atoms with van der Waals surface area (Å²) < 4.78 is 0. The van der Waals surface area contributed by atoms with Crippen molar-refractivity contribution in [1.29, 1.82) is 0 Å². The zero-order valence-corrected chi connectivity index (χ0v) is 10.5. The Bertz CT molecular complexity index is 570. The summed E-state index contributed by atoms with van der Waals surface area (Å²) >= 11 is 0. The monoisotopic (exact) mass is 279 g/mol. The molecule has 20 heavy (non-hydrogen) atoms. The number of carbonyl (C=O) groups is 2. The molecule has 9 nitrogen and oxygen atoms in total. The number of nitrogens with zero attached hydrogens (tertiary/aromatic N) is 2. The molecule has 1 rings (SSSR count). The van der Waals surface area contributed by atoms with Crippen molar-refractivity contribution in [2.45, 2.75) is 6.92 Å². The van der Waals surface area contributed by atoms with Crippen molar-refractivity contribution >= 4 is 23.7 Å². The number of likely N-dealkylation sites (N-methyl/N-ethyl adjacent to an activating group) is 1. The van der Waals surface area contributed by atoms with E-state index in [-0.39, 0.29) is 5.56 Å². The van der Waals surface area contributed by atoms with Gasteiger partial charge >= 0.3 is 11.8 Å². The first-order chi connectivity index (χ1) is 9.45. The summed E-state index contributed by atoms with van der Waals surface area (Å²) in [7, 11) is 0. The van der Waals surface area contributed by atoms with E-state index in [0.717, 1.165) is 18.3 Å². The number of nitrogens with one attached hydrogen (secondary N) is 2. The standard InChI is InChI=1S/C11H12N4O5/c1-2-12-10(17)11(18)14-13-6-7-3-4-9(16)8(5-7)15(19)20/h3-6,16H,2H2,1H3,(H,12,17)(H,14,18)/p-1/b13-6-. The van der Waals surface area contributed by atoms with Gasteiger partial charge < -0.3 is 10.4 Å². The SMILES string of the molecule is CCNC(=O)C(=O)N/N=C\c1ccc([O-])c([N+](=O)[O-])c1. The van der Waals surface area contributed by atoms with Crippen LogP contribution in [0.15, 0.2) is 23.3 Å². The smallest absolute Gasteiger partial charge is 0.329 e. The van der Waals surface area contributed by atoms with Gasteiger partial charge in [-0.2, -0.15) is 5.10 Å². The van der Waals surface area contributed by atoms with Crippen LogP contribution in [-0.4, -0.2) is 29.5 Å². The van der Waals surface area contributed by atoms with Gasteiger partial charge in [0.2, 0.25) is 0 Å². The van der Waals surface area contributed by atoms with Crippen LogP contribution in [0.3, 0.4) is 0 Å². The Kier molecular flexibility index (Phi) is 5.15. The quantitative estimate of drug-likeness (QED) is 0.323. The molecule has 0 bridgehead atoms. The molecule has 0 aromatic heterocycles. The minimum absolute atomic E-state index is 0.243. The first-order valence-electron chi connectivity index (χ1n) is 5.52. The van der Waals surface area contributed by atoms with Crippen LogP contribution in [0, 0.1) is 10.1 Å². The van der Waals surface area contributed by atoms with E-state index in [1.165, 1.54) is 6.07 Å². The average Bonchev–Trinajstić information content (AvgIpc) is 2.40. The number of nitro groups is 1. The molecule has 0 spiro atoms. The van der Waals surface area contributed by atoms with Crippen molar-refractivity contribution < 1.29 is 19.6 Å². The minimum atomic E-state index is -0.960. The number of benzene rings is 1. The molecule has 0 heterocycles. The first kappa shape index (κ1) is 15.1. The number of hydrazone groups is 1. The number of hydrogen-bond acceptors (Lipinski definition) is 6. The summed E-state index contributed by atoms with van der Waals surface area (Å²) in [5.41, 5.74) is 1.60. The number of rotatable bonds is 4. The molecule has 2 amide bonds. The molecule has 0 atom stereocenters. The van der Waals surface area contributed by atoms with E-state index in [9.17, 15) is 24.8 Å². The highest BCUT2D eigenvalue weighted by atomic mass is 16.6. The first-order valence-corrected chi connectivity index (χ1v) is 5.52. The van der Waals surface area contributed by atoms with Crippen LogP contribution in [-0.2, 0) is 9.59 Å². The summed E-state index contributed by atoms with van der Waals surface area (Å²) in [6.45, 7) is 1.95. The van der Waals surface area contributed by atoms with Crippen molar-refractivity contribution in [2.75, 3.05) is 6.54 Å². The lowest BCUT2D eigenvalue weighted by atomic mass is 10.2. The Morgan fingerprint density at radius 2 is 2.10 bits per heavy atom. The molecule has 9 heteroatoms. The van der Waals surface area contributed by atoms with Crippen LogP contribution < -0.4 is 15.8 Å². The highest BCUT2D eigenvalue weighted by Crippen LogP contribution is 2.22. The van der Waals surface area contributed by atoms with E-state index in [4.69, 9.17) is 0 Å². The van der Waals surface area contributed by atoms with Crippen molar-refractivity contribution in [3.05, 3.63) is 33.9 Å². The molecule has 0 aliphatic heterocycles. The molecule has 0 saturated heterocycles. The van der Waals surface area contributed by atoms with Gasteiger partial charge in [-0.3, -0.25) is 19.7 Å². The molecule has 1 aromatic rings. The van der Waals surface area contributed by atoms with E-state index >= 15 is 0 Å². The van der Waals surface area contributed by atoms with Crippen LogP contribution in [0.2, 0.25) is 0 Å². The highest BCUT2D eigenvalue weighted by molar-refractivity contribution is 6.35. The summed E-state index contributed by atoms with van der Waals surface area (Å²) in [6.07, 6.45) is 1.09. The van der Waals surface area contributed by atoms with Crippen LogP contribution in [0.25, 0.3) is 0 Å². The van der Waals surface area contributed by atoms with Crippen molar-refractivity contribution in [1.82, 2.24) is 10.7 Å². The van der Waals surface area contributed by atoms with Crippen molar-refractivity contribution in [3.63, 3.8) is 0 Å².